The van der Waals surface area contributed by atoms with Gasteiger partial charge in [0.1, 0.15) is 5.75 Å². The van der Waals surface area contributed by atoms with Gasteiger partial charge >= 0.3 is 0 Å². The van der Waals surface area contributed by atoms with E-state index in [0.29, 0.717) is 0 Å². The number of hydrogen-bond acceptors (Lipinski definition) is 2. The molecule has 0 aromatic heterocycles. The first-order chi connectivity index (χ1) is 9.86. The largest absolute Gasteiger partial charge is 0.496 e. The van der Waals surface area contributed by atoms with Gasteiger partial charge in [-0.15, -0.1) is 0 Å². The van der Waals surface area contributed by atoms with Crippen LogP contribution in [-0.2, 0) is 5.41 Å². The van der Waals surface area contributed by atoms with E-state index in [4.69, 9.17) is 4.74 Å². The molecule has 1 aromatic carbocycles. The lowest BCUT2D eigenvalue weighted by molar-refractivity contribution is 0.246. The van der Waals surface area contributed by atoms with Crippen LogP contribution in [0.3, 0.4) is 0 Å². The van der Waals surface area contributed by atoms with Gasteiger partial charge in [0.25, 0.3) is 0 Å². The van der Waals surface area contributed by atoms with Crippen molar-refractivity contribution in [3.05, 3.63) is 29.3 Å². The van der Waals surface area contributed by atoms with Gasteiger partial charge in [-0.1, -0.05) is 37.0 Å². The lowest BCUT2D eigenvalue weighted by atomic mass is 9.68. The highest BCUT2D eigenvalue weighted by Gasteiger charge is 2.36. The van der Waals surface area contributed by atoms with Crippen molar-refractivity contribution in [2.45, 2.75) is 70.8 Å². The Morgan fingerprint density at radius 1 is 1.14 bits per heavy atom. The maximum atomic E-state index is 5.68. The van der Waals surface area contributed by atoms with Gasteiger partial charge in [0.2, 0.25) is 0 Å². The van der Waals surface area contributed by atoms with Gasteiger partial charge in [0.15, 0.2) is 0 Å². The van der Waals surface area contributed by atoms with Gasteiger partial charge in [-0.2, -0.15) is 0 Å². The highest BCUT2D eigenvalue weighted by molar-refractivity contribution is 5.43. The fourth-order valence-corrected chi connectivity index (χ4v) is 3.44. The van der Waals surface area contributed by atoms with Crippen LogP contribution in [0.5, 0.6) is 5.75 Å². The second-order valence-corrected chi connectivity index (χ2v) is 7.65. The van der Waals surface area contributed by atoms with Crippen LogP contribution in [0.2, 0.25) is 0 Å². The number of nitrogens with one attached hydrogen (secondary N) is 1. The lowest BCUT2D eigenvalue weighted by Gasteiger charge is -2.41. The third-order valence-corrected chi connectivity index (χ3v) is 4.69. The summed E-state index contributed by atoms with van der Waals surface area (Å²) in [4.78, 5) is 0. The van der Waals surface area contributed by atoms with E-state index < -0.39 is 0 Å². The average molecular weight is 289 g/mol. The number of rotatable bonds is 4. The summed E-state index contributed by atoms with van der Waals surface area (Å²) >= 11 is 0. The van der Waals surface area contributed by atoms with Crippen molar-refractivity contribution in [3.63, 3.8) is 0 Å². The minimum absolute atomic E-state index is 0.154. The molecule has 0 saturated heterocycles. The van der Waals surface area contributed by atoms with E-state index >= 15 is 0 Å². The Morgan fingerprint density at radius 2 is 1.81 bits per heavy atom. The standard InChI is InChI=1S/C19H31NO/c1-15-9-10-17(21-5)16(13-15)19(11-7-6-8-12-19)14-20-18(2,3)4/h9-10,13,20H,6-8,11-12,14H2,1-5H3. The summed E-state index contributed by atoms with van der Waals surface area (Å²) in [7, 11) is 1.79. The first-order valence-corrected chi connectivity index (χ1v) is 8.26. The van der Waals surface area contributed by atoms with Gasteiger partial charge in [0, 0.05) is 23.1 Å². The van der Waals surface area contributed by atoms with E-state index in [0.717, 1.165) is 12.3 Å². The fourth-order valence-electron chi connectivity index (χ4n) is 3.44. The van der Waals surface area contributed by atoms with E-state index in [2.05, 4.69) is 51.2 Å². The number of benzene rings is 1. The molecule has 0 atom stereocenters. The average Bonchev–Trinajstić information content (AvgIpc) is 2.45. The zero-order chi connectivity index (χ0) is 15.5. The van der Waals surface area contributed by atoms with Crippen LogP contribution in [0.15, 0.2) is 18.2 Å². The van der Waals surface area contributed by atoms with Crippen molar-refractivity contribution in [2.24, 2.45) is 0 Å². The normalized spacial score (nSPS) is 18.5. The van der Waals surface area contributed by atoms with Gasteiger partial charge in [-0.05, 0) is 46.6 Å². The molecule has 2 heteroatoms. The first kappa shape index (κ1) is 16.4. The summed E-state index contributed by atoms with van der Waals surface area (Å²) < 4.78 is 5.68. The zero-order valence-electron chi connectivity index (χ0n) is 14.4. The molecule has 2 rings (SSSR count). The van der Waals surface area contributed by atoms with Crippen molar-refractivity contribution < 1.29 is 4.74 Å². The molecule has 0 spiro atoms. The Labute approximate surface area is 130 Å². The van der Waals surface area contributed by atoms with Crippen LogP contribution < -0.4 is 10.1 Å². The first-order valence-electron chi connectivity index (χ1n) is 8.26. The Kier molecular flexibility index (Phi) is 4.98. The van der Waals surface area contributed by atoms with Crippen LogP contribution in [-0.4, -0.2) is 19.2 Å². The maximum absolute atomic E-state index is 5.68. The smallest absolute Gasteiger partial charge is 0.122 e. The van der Waals surface area contributed by atoms with E-state index in [-0.39, 0.29) is 11.0 Å². The lowest BCUT2D eigenvalue weighted by Crippen LogP contribution is -2.47. The van der Waals surface area contributed by atoms with Crippen LogP contribution in [0.4, 0.5) is 0 Å². The summed E-state index contributed by atoms with van der Waals surface area (Å²) in [5, 5.41) is 3.75. The molecule has 0 unspecified atom stereocenters. The molecule has 0 bridgehead atoms. The third-order valence-electron chi connectivity index (χ3n) is 4.69. The van der Waals surface area contributed by atoms with Crippen LogP contribution in [0, 0.1) is 6.92 Å². The zero-order valence-corrected chi connectivity index (χ0v) is 14.4. The van der Waals surface area contributed by atoms with E-state index in [1.165, 1.54) is 43.2 Å². The second-order valence-electron chi connectivity index (χ2n) is 7.65. The summed E-state index contributed by atoms with van der Waals surface area (Å²) in [6, 6.07) is 6.63. The minimum atomic E-state index is 0.154. The molecule has 2 nitrogen and oxygen atoms in total. The van der Waals surface area contributed by atoms with Crippen LogP contribution in [0.1, 0.15) is 64.0 Å². The van der Waals surface area contributed by atoms with Crippen molar-refractivity contribution >= 4 is 0 Å². The van der Waals surface area contributed by atoms with Gasteiger partial charge in [0.05, 0.1) is 7.11 Å². The monoisotopic (exact) mass is 289 g/mol. The highest BCUT2D eigenvalue weighted by atomic mass is 16.5. The summed E-state index contributed by atoms with van der Waals surface area (Å²) in [5.41, 5.74) is 3.11. The van der Waals surface area contributed by atoms with E-state index in [9.17, 15) is 0 Å². The Hall–Kier alpha value is -1.02. The SMILES string of the molecule is COc1ccc(C)cc1C1(CNC(C)(C)C)CCCCC1. The van der Waals surface area contributed by atoms with Crippen LogP contribution in [0.25, 0.3) is 0 Å². The molecule has 0 amide bonds. The highest BCUT2D eigenvalue weighted by Crippen LogP contribution is 2.43. The Bertz CT molecular complexity index is 467. The third kappa shape index (κ3) is 4.00. The Morgan fingerprint density at radius 3 is 2.38 bits per heavy atom. The van der Waals surface area contributed by atoms with E-state index in [1.807, 2.05) is 0 Å². The second kappa shape index (κ2) is 6.39. The van der Waals surface area contributed by atoms with Gasteiger partial charge in [-0.25, -0.2) is 0 Å². The molecule has 1 N–H and O–H groups in total. The number of ether oxygens (including phenoxy) is 1. The number of aryl methyl sites for hydroxylation is 1. The van der Waals surface area contributed by atoms with Crippen molar-refractivity contribution in [2.75, 3.05) is 13.7 Å². The predicted molar refractivity (Wildman–Crippen MR) is 90.2 cm³/mol. The molecule has 21 heavy (non-hydrogen) atoms. The van der Waals surface area contributed by atoms with Gasteiger partial charge < -0.3 is 10.1 Å². The molecule has 1 aromatic rings. The molecular weight excluding hydrogens is 258 g/mol. The Balaban J connectivity index is 2.37. The summed E-state index contributed by atoms with van der Waals surface area (Å²) in [6.07, 6.45) is 6.53. The van der Waals surface area contributed by atoms with E-state index in [1.54, 1.807) is 7.11 Å². The quantitative estimate of drug-likeness (QED) is 0.875. The van der Waals surface area contributed by atoms with Gasteiger partial charge in [-0.3, -0.25) is 0 Å². The molecule has 1 aliphatic carbocycles. The molecule has 1 aliphatic rings. The predicted octanol–water partition coefficient (Wildman–Crippen LogP) is 4.59. The number of hydrogen-bond donors (Lipinski definition) is 1. The van der Waals surface area contributed by atoms with Crippen molar-refractivity contribution in [1.82, 2.24) is 5.32 Å². The van der Waals surface area contributed by atoms with Crippen molar-refractivity contribution in [1.29, 1.82) is 0 Å². The molecule has 1 saturated carbocycles. The summed E-state index contributed by atoms with van der Waals surface area (Å²) in [5.74, 6) is 1.05. The molecule has 0 radical (unpaired) electrons. The fraction of sp³-hybridized carbons (Fsp3) is 0.684. The summed E-state index contributed by atoms with van der Waals surface area (Å²) in [6.45, 7) is 9.96. The molecule has 1 fully saturated rings. The molecular formula is C19H31NO. The molecule has 0 heterocycles. The maximum Gasteiger partial charge on any atom is 0.122 e. The van der Waals surface area contributed by atoms with Crippen LogP contribution >= 0.6 is 0 Å². The number of methoxy groups -OCH3 is 1. The minimum Gasteiger partial charge on any atom is -0.496 e. The van der Waals surface area contributed by atoms with Crippen molar-refractivity contribution in [3.8, 4) is 5.75 Å². The topological polar surface area (TPSA) is 21.3 Å². The molecule has 118 valence electrons. The molecule has 0 aliphatic heterocycles.